The number of amides is 2. The summed E-state index contributed by atoms with van der Waals surface area (Å²) < 4.78 is 5.71. The van der Waals surface area contributed by atoms with E-state index in [4.69, 9.17) is 4.74 Å². The van der Waals surface area contributed by atoms with Crippen LogP contribution in [0, 0.1) is 5.92 Å². The maximum absolute atomic E-state index is 12.9. The van der Waals surface area contributed by atoms with E-state index in [1.807, 2.05) is 35.2 Å². The number of anilines is 1. The van der Waals surface area contributed by atoms with Crippen molar-refractivity contribution in [3.05, 3.63) is 30.3 Å². The lowest BCUT2D eigenvalue weighted by Gasteiger charge is -2.36. The maximum atomic E-state index is 12.9. The van der Waals surface area contributed by atoms with E-state index >= 15 is 0 Å². The summed E-state index contributed by atoms with van der Waals surface area (Å²) in [4.78, 5) is 31.3. The van der Waals surface area contributed by atoms with Gasteiger partial charge in [0.1, 0.15) is 0 Å². The van der Waals surface area contributed by atoms with Gasteiger partial charge in [0.15, 0.2) is 0 Å². The molecule has 2 atom stereocenters. The highest BCUT2D eigenvalue weighted by molar-refractivity contribution is 6.00. The summed E-state index contributed by atoms with van der Waals surface area (Å²) in [5.41, 5.74) is 0.884. The van der Waals surface area contributed by atoms with Crippen molar-refractivity contribution in [1.29, 1.82) is 0 Å². The van der Waals surface area contributed by atoms with E-state index in [1.165, 1.54) is 0 Å². The molecular formula is C20H27N3O3. The number of carbonyl (C=O) groups is 2. The van der Waals surface area contributed by atoms with Gasteiger partial charge < -0.3 is 14.5 Å². The predicted molar refractivity (Wildman–Crippen MR) is 98.9 cm³/mol. The Bertz CT molecular complexity index is 637. The standard InChI is InChI=1S/C20H27N3O3/c24-19-13-16(14-23(19)17-5-2-1-3-6-17)20(25)22-10-8-21(9-11-22)15-18-7-4-12-26-18/h1-3,5-6,16,18H,4,7-15H2/t16-,18-/m1/s1. The van der Waals surface area contributed by atoms with E-state index in [0.29, 0.717) is 19.1 Å². The summed E-state index contributed by atoms with van der Waals surface area (Å²) in [6.07, 6.45) is 3.00. The van der Waals surface area contributed by atoms with Crippen LogP contribution < -0.4 is 4.90 Å². The molecule has 3 aliphatic heterocycles. The number of hydrogen-bond acceptors (Lipinski definition) is 4. The van der Waals surface area contributed by atoms with Gasteiger partial charge in [-0.3, -0.25) is 14.5 Å². The van der Waals surface area contributed by atoms with E-state index in [0.717, 1.165) is 57.9 Å². The first-order chi connectivity index (χ1) is 12.7. The van der Waals surface area contributed by atoms with Crippen molar-refractivity contribution < 1.29 is 14.3 Å². The molecule has 1 aromatic rings. The molecule has 3 saturated heterocycles. The molecule has 0 saturated carbocycles. The number of piperazine rings is 1. The molecule has 0 bridgehead atoms. The van der Waals surface area contributed by atoms with Crippen LogP contribution in [0.15, 0.2) is 30.3 Å². The van der Waals surface area contributed by atoms with E-state index in [2.05, 4.69) is 4.90 Å². The Morgan fingerprint density at radius 2 is 1.88 bits per heavy atom. The number of hydrogen-bond donors (Lipinski definition) is 0. The first-order valence-electron chi connectivity index (χ1n) is 9.69. The first kappa shape index (κ1) is 17.5. The molecule has 0 aromatic heterocycles. The predicted octanol–water partition coefficient (Wildman–Crippen LogP) is 1.36. The van der Waals surface area contributed by atoms with Gasteiger partial charge in [-0.15, -0.1) is 0 Å². The second-order valence-corrected chi connectivity index (χ2v) is 7.50. The summed E-state index contributed by atoms with van der Waals surface area (Å²) in [6, 6.07) is 9.63. The fourth-order valence-corrected chi connectivity index (χ4v) is 4.22. The molecule has 26 heavy (non-hydrogen) atoms. The molecule has 6 heteroatoms. The normalized spacial score (nSPS) is 27.3. The third-order valence-corrected chi connectivity index (χ3v) is 5.71. The molecule has 3 fully saturated rings. The average molecular weight is 357 g/mol. The lowest BCUT2D eigenvalue weighted by atomic mass is 10.1. The minimum atomic E-state index is -0.215. The molecule has 3 aliphatic rings. The summed E-state index contributed by atoms with van der Waals surface area (Å²) in [5.74, 6) is -0.0347. The van der Waals surface area contributed by atoms with Gasteiger partial charge in [-0.05, 0) is 25.0 Å². The smallest absolute Gasteiger partial charge is 0.228 e. The van der Waals surface area contributed by atoms with Crippen LogP contribution in [-0.4, -0.2) is 73.6 Å². The summed E-state index contributed by atoms with van der Waals surface area (Å²) in [5, 5.41) is 0. The van der Waals surface area contributed by atoms with Crippen molar-refractivity contribution in [2.24, 2.45) is 5.92 Å². The minimum absolute atomic E-state index is 0.0477. The third kappa shape index (κ3) is 3.76. The maximum Gasteiger partial charge on any atom is 0.228 e. The van der Waals surface area contributed by atoms with E-state index < -0.39 is 0 Å². The second-order valence-electron chi connectivity index (χ2n) is 7.50. The average Bonchev–Trinajstić information content (AvgIpc) is 3.32. The van der Waals surface area contributed by atoms with Crippen LogP contribution >= 0.6 is 0 Å². The van der Waals surface area contributed by atoms with Crippen LogP contribution in [0.4, 0.5) is 5.69 Å². The lowest BCUT2D eigenvalue weighted by Crippen LogP contribution is -2.52. The van der Waals surface area contributed by atoms with E-state index in [9.17, 15) is 9.59 Å². The van der Waals surface area contributed by atoms with Crippen molar-refractivity contribution in [1.82, 2.24) is 9.80 Å². The van der Waals surface area contributed by atoms with Gasteiger partial charge >= 0.3 is 0 Å². The molecule has 0 aliphatic carbocycles. The van der Waals surface area contributed by atoms with E-state index in [-0.39, 0.29) is 17.7 Å². The van der Waals surface area contributed by atoms with Crippen LogP contribution in [0.25, 0.3) is 0 Å². The Kier molecular flexibility index (Phi) is 5.22. The number of nitrogens with zero attached hydrogens (tertiary/aromatic N) is 3. The largest absolute Gasteiger partial charge is 0.377 e. The molecule has 4 rings (SSSR count). The van der Waals surface area contributed by atoms with Gasteiger partial charge in [-0.1, -0.05) is 18.2 Å². The molecule has 1 aromatic carbocycles. The highest BCUT2D eigenvalue weighted by Crippen LogP contribution is 2.26. The van der Waals surface area contributed by atoms with Crippen molar-refractivity contribution in [2.45, 2.75) is 25.4 Å². The van der Waals surface area contributed by atoms with Crippen LogP contribution in [0.3, 0.4) is 0 Å². The van der Waals surface area contributed by atoms with Crippen molar-refractivity contribution in [3.8, 4) is 0 Å². The monoisotopic (exact) mass is 357 g/mol. The molecule has 6 nitrogen and oxygen atoms in total. The van der Waals surface area contributed by atoms with Gasteiger partial charge in [0.2, 0.25) is 11.8 Å². The van der Waals surface area contributed by atoms with Crippen molar-refractivity contribution in [3.63, 3.8) is 0 Å². The highest BCUT2D eigenvalue weighted by Gasteiger charge is 2.38. The summed E-state index contributed by atoms with van der Waals surface area (Å²) in [7, 11) is 0. The van der Waals surface area contributed by atoms with Gasteiger partial charge in [-0.2, -0.15) is 0 Å². The zero-order valence-electron chi connectivity index (χ0n) is 15.2. The third-order valence-electron chi connectivity index (χ3n) is 5.71. The second kappa shape index (κ2) is 7.76. The SMILES string of the molecule is O=C([C@@H]1CC(=O)N(c2ccccc2)C1)N1CCN(C[C@H]2CCCO2)CC1. The van der Waals surface area contributed by atoms with Crippen LogP contribution in [0.2, 0.25) is 0 Å². The van der Waals surface area contributed by atoms with Gasteiger partial charge in [0.25, 0.3) is 0 Å². The first-order valence-corrected chi connectivity index (χ1v) is 9.69. The molecule has 0 radical (unpaired) electrons. The number of carbonyl (C=O) groups excluding carboxylic acids is 2. The van der Waals surface area contributed by atoms with Crippen LogP contribution in [-0.2, 0) is 14.3 Å². The number of rotatable bonds is 4. The Balaban J connectivity index is 1.29. The van der Waals surface area contributed by atoms with Gasteiger partial charge in [0.05, 0.1) is 12.0 Å². The number of ether oxygens (including phenoxy) is 1. The zero-order chi connectivity index (χ0) is 17.9. The molecule has 3 heterocycles. The molecule has 0 unspecified atom stereocenters. The number of benzene rings is 1. The van der Waals surface area contributed by atoms with Crippen LogP contribution in [0.1, 0.15) is 19.3 Å². The van der Waals surface area contributed by atoms with Crippen molar-refractivity contribution >= 4 is 17.5 Å². The molecule has 140 valence electrons. The molecule has 0 spiro atoms. The zero-order valence-corrected chi connectivity index (χ0v) is 15.2. The van der Waals surface area contributed by atoms with Crippen LogP contribution in [0.5, 0.6) is 0 Å². The Hall–Kier alpha value is -1.92. The molecular weight excluding hydrogens is 330 g/mol. The topological polar surface area (TPSA) is 53.1 Å². The lowest BCUT2D eigenvalue weighted by molar-refractivity contribution is -0.137. The van der Waals surface area contributed by atoms with Gasteiger partial charge in [-0.25, -0.2) is 0 Å². The van der Waals surface area contributed by atoms with E-state index in [1.54, 1.807) is 4.90 Å². The minimum Gasteiger partial charge on any atom is -0.377 e. The Morgan fingerprint density at radius 3 is 2.58 bits per heavy atom. The summed E-state index contributed by atoms with van der Waals surface area (Å²) >= 11 is 0. The molecule has 2 amide bonds. The van der Waals surface area contributed by atoms with Crippen molar-refractivity contribution in [2.75, 3.05) is 50.8 Å². The fourth-order valence-electron chi connectivity index (χ4n) is 4.22. The summed E-state index contributed by atoms with van der Waals surface area (Å²) in [6.45, 7) is 5.66. The number of para-hydroxylation sites is 1. The Labute approximate surface area is 154 Å². The van der Waals surface area contributed by atoms with Gasteiger partial charge in [0, 0.05) is 58.0 Å². The molecule has 0 N–H and O–H groups in total. The quantitative estimate of drug-likeness (QED) is 0.817. The fraction of sp³-hybridized carbons (Fsp3) is 0.600. The highest BCUT2D eigenvalue weighted by atomic mass is 16.5. The Morgan fingerprint density at radius 1 is 1.12 bits per heavy atom.